The zero-order valence-electron chi connectivity index (χ0n) is 12.8. The van der Waals surface area contributed by atoms with Crippen molar-refractivity contribution in [3.8, 4) is 23.0 Å². The third kappa shape index (κ3) is 3.16. The van der Waals surface area contributed by atoms with Crippen LogP contribution in [0.3, 0.4) is 0 Å². The highest BCUT2D eigenvalue weighted by Crippen LogP contribution is 2.36. The van der Waals surface area contributed by atoms with Crippen molar-refractivity contribution in [3.05, 3.63) is 59.7 Å². The third-order valence-corrected chi connectivity index (χ3v) is 3.64. The molecule has 0 saturated carbocycles. The van der Waals surface area contributed by atoms with E-state index in [1.54, 1.807) is 6.07 Å². The second kappa shape index (κ2) is 6.40. The molecule has 0 spiro atoms. The molecular weight excluding hydrogens is 324 g/mol. The molecule has 3 rings (SSSR count). The van der Waals surface area contributed by atoms with Crippen molar-refractivity contribution in [2.75, 3.05) is 0 Å². The van der Waals surface area contributed by atoms with Crippen LogP contribution in [-0.2, 0) is 0 Å². The number of hydrazone groups is 1. The number of phenols is 4. The van der Waals surface area contributed by atoms with Crippen molar-refractivity contribution in [2.24, 2.45) is 5.10 Å². The third-order valence-electron chi connectivity index (χ3n) is 3.64. The maximum atomic E-state index is 12.2. The quantitative estimate of drug-likeness (QED) is 0.285. The molecule has 7 heteroatoms. The Bertz CT molecular complexity index is 998. The number of carbonyl (C=O) groups excluding carboxylic acids is 1. The molecule has 1 amide bonds. The number of nitrogens with one attached hydrogen (secondary N) is 1. The lowest BCUT2D eigenvalue weighted by molar-refractivity contribution is 0.0952. The minimum atomic E-state index is -0.678. The molecule has 0 radical (unpaired) electrons. The smallest absolute Gasteiger partial charge is 0.275 e. The SMILES string of the molecule is O=C(NN=Cc1ccc(O)c(O)c1O)c1cc2ccccc2cc1O. The van der Waals surface area contributed by atoms with Crippen LogP contribution in [0.2, 0.25) is 0 Å². The van der Waals surface area contributed by atoms with Crippen LogP contribution in [0.1, 0.15) is 15.9 Å². The first-order valence-electron chi connectivity index (χ1n) is 7.26. The lowest BCUT2D eigenvalue weighted by Gasteiger charge is -2.06. The van der Waals surface area contributed by atoms with Gasteiger partial charge in [0.05, 0.1) is 11.8 Å². The average molecular weight is 338 g/mol. The number of rotatable bonds is 3. The molecule has 0 aliphatic rings. The van der Waals surface area contributed by atoms with Crippen molar-refractivity contribution < 1.29 is 25.2 Å². The van der Waals surface area contributed by atoms with Crippen molar-refractivity contribution in [2.45, 2.75) is 0 Å². The molecule has 0 bridgehead atoms. The Morgan fingerprint density at radius 2 is 1.56 bits per heavy atom. The summed E-state index contributed by atoms with van der Waals surface area (Å²) in [5.74, 6) is -2.53. The number of phenolic OH excluding ortho intramolecular Hbond substituents is 4. The van der Waals surface area contributed by atoms with E-state index in [4.69, 9.17) is 0 Å². The monoisotopic (exact) mass is 338 g/mol. The van der Waals surface area contributed by atoms with Crippen LogP contribution in [0.25, 0.3) is 10.8 Å². The van der Waals surface area contributed by atoms with Gasteiger partial charge in [-0.05, 0) is 35.0 Å². The summed E-state index contributed by atoms with van der Waals surface area (Å²) in [6, 6.07) is 12.8. The number of nitrogens with zero attached hydrogens (tertiary/aromatic N) is 1. The van der Waals surface area contributed by atoms with Gasteiger partial charge < -0.3 is 20.4 Å². The molecule has 3 aromatic rings. The zero-order valence-corrected chi connectivity index (χ0v) is 12.8. The van der Waals surface area contributed by atoms with Gasteiger partial charge in [-0.15, -0.1) is 0 Å². The van der Waals surface area contributed by atoms with E-state index < -0.39 is 23.2 Å². The van der Waals surface area contributed by atoms with Gasteiger partial charge in [-0.1, -0.05) is 24.3 Å². The molecule has 0 aliphatic heterocycles. The van der Waals surface area contributed by atoms with Crippen LogP contribution in [-0.4, -0.2) is 32.5 Å². The first-order valence-corrected chi connectivity index (χ1v) is 7.26. The van der Waals surface area contributed by atoms with Gasteiger partial charge in [-0.2, -0.15) is 5.10 Å². The highest BCUT2D eigenvalue weighted by atomic mass is 16.3. The second-order valence-electron chi connectivity index (χ2n) is 5.29. The zero-order chi connectivity index (χ0) is 18.0. The molecule has 25 heavy (non-hydrogen) atoms. The van der Waals surface area contributed by atoms with Crippen molar-refractivity contribution >= 4 is 22.9 Å². The van der Waals surface area contributed by atoms with E-state index in [9.17, 15) is 25.2 Å². The number of benzene rings is 3. The Kier molecular flexibility index (Phi) is 4.13. The largest absolute Gasteiger partial charge is 0.507 e. The predicted molar refractivity (Wildman–Crippen MR) is 92.1 cm³/mol. The summed E-state index contributed by atoms with van der Waals surface area (Å²) in [4.78, 5) is 12.2. The fourth-order valence-corrected chi connectivity index (χ4v) is 2.32. The van der Waals surface area contributed by atoms with Crippen LogP contribution in [0.4, 0.5) is 0 Å². The van der Waals surface area contributed by atoms with Gasteiger partial charge in [0.2, 0.25) is 5.75 Å². The Morgan fingerprint density at radius 3 is 2.28 bits per heavy atom. The minimum absolute atomic E-state index is 0.0497. The summed E-state index contributed by atoms with van der Waals surface area (Å²) in [5.41, 5.74) is 2.37. The number of hydrogen-bond donors (Lipinski definition) is 5. The maximum absolute atomic E-state index is 12.2. The molecule has 5 N–H and O–H groups in total. The highest BCUT2D eigenvalue weighted by molar-refractivity contribution is 6.01. The molecule has 3 aromatic carbocycles. The van der Waals surface area contributed by atoms with Gasteiger partial charge in [0.15, 0.2) is 11.5 Å². The van der Waals surface area contributed by atoms with Crippen molar-refractivity contribution in [1.82, 2.24) is 5.43 Å². The molecule has 0 unspecified atom stereocenters. The summed E-state index contributed by atoms with van der Waals surface area (Å²) >= 11 is 0. The Labute approximate surface area is 142 Å². The van der Waals surface area contributed by atoms with Crippen LogP contribution in [0.15, 0.2) is 53.6 Å². The standard InChI is InChI=1S/C18H14N2O5/c21-14-6-5-12(16(23)17(14)24)9-19-20-18(25)13-7-10-3-1-2-4-11(10)8-15(13)22/h1-9,21-24H,(H,20,25). The van der Waals surface area contributed by atoms with Gasteiger partial charge in [-0.25, -0.2) is 5.43 Å². The molecule has 126 valence electrons. The Morgan fingerprint density at radius 1 is 0.880 bits per heavy atom. The molecule has 0 aliphatic carbocycles. The maximum Gasteiger partial charge on any atom is 0.275 e. The number of aromatic hydroxyl groups is 4. The molecule has 0 fully saturated rings. The van der Waals surface area contributed by atoms with Crippen molar-refractivity contribution in [1.29, 1.82) is 0 Å². The second-order valence-corrected chi connectivity index (χ2v) is 5.29. The molecule has 0 saturated heterocycles. The summed E-state index contributed by atoms with van der Waals surface area (Å²) < 4.78 is 0. The average Bonchev–Trinajstić information content (AvgIpc) is 2.61. The fourth-order valence-electron chi connectivity index (χ4n) is 2.32. The minimum Gasteiger partial charge on any atom is -0.507 e. The molecule has 0 heterocycles. The van der Waals surface area contributed by atoms with Gasteiger partial charge in [0, 0.05) is 5.56 Å². The van der Waals surface area contributed by atoms with E-state index in [1.165, 1.54) is 18.2 Å². The van der Waals surface area contributed by atoms with E-state index in [-0.39, 0.29) is 16.9 Å². The predicted octanol–water partition coefficient (Wildman–Crippen LogP) is 2.43. The van der Waals surface area contributed by atoms with E-state index in [0.29, 0.717) is 0 Å². The first kappa shape index (κ1) is 16.1. The number of hydrogen-bond acceptors (Lipinski definition) is 6. The van der Waals surface area contributed by atoms with E-state index >= 15 is 0 Å². The molecule has 7 nitrogen and oxygen atoms in total. The molecule has 0 aromatic heterocycles. The number of fused-ring (bicyclic) bond motifs is 1. The van der Waals surface area contributed by atoms with E-state index in [0.717, 1.165) is 17.0 Å². The van der Waals surface area contributed by atoms with Crippen LogP contribution < -0.4 is 5.43 Å². The van der Waals surface area contributed by atoms with E-state index in [1.807, 2.05) is 24.3 Å². The fraction of sp³-hybridized carbons (Fsp3) is 0. The van der Waals surface area contributed by atoms with E-state index in [2.05, 4.69) is 10.5 Å². The number of amides is 1. The first-order chi connectivity index (χ1) is 12.0. The molecular formula is C18H14N2O5. The van der Waals surface area contributed by atoms with Crippen LogP contribution in [0.5, 0.6) is 23.0 Å². The van der Waals surface area contributed by atoms with Gasteiger partial charge in [-0.3, -0.25) is 4.79 Å². The normalized spacial score (nSPS) is 11.0. The summed E-state index contributed by atoms with van der Waals surface area (Å²) in [5, 5.41) is 43.6. The van der Waals surface area contributed by atoms with Crippen LogP contribution >= 0.6 is 0 Å². The van der Waals surface area contributed by atoms with Gasteiger partial charge in [0.25, 0.3) is 5.91 Å². The Hall–Kier alpha value is -3.74. The van der Waals surface area contributed by atoms with Gasteiger partial charge in [0.1, 0.15) is 5.75 Å². The topological polar surface area (TPSA) is 122 Å². The Balaban J connectivity index is 1.81. The number of carbonyl (C=O) groups is 1. The van der Waals surface area contributed by atoms with Crippen molar-refractivity contribution in [3.63, 3.8) is 0 Å². The molecule has 0 atom stereocenters. The summed E-state index contributed by atoms with van der Waals surface area (Å²) in [6.07, 6.45) is 1.10. The highest BCUT2D eigenvalue weighted by Gasteiger charge is 2.12. The lowest BCUT2D eigenvalue weighted by Crippen LogP contribution is -2.17. The lowest BCUT2D eigenvalue weighted by atomic mass is 10.1. The van der Waals surface area contributed by atoms with Gasteiger partial charge >= 0.3 is 0 Å². The summed E-state index contributed by atoms with van der Waals surface area (Å²) in [6.45, 7) is 0. The summed E-state index contributed by atoms with van der Waals surface area (Å²) in [7, 11) is 0. The van der Waals surface area contributed by atoms with Crippen LogP contribution in [0, 0.1) is 0 Å².